The molecule has 4 rings (SSSR count). The standard InChI is InChI=1S/C23H28FN5O3/c1-28-19-11-12-29(21(31)10-9-20(30)25-16-6-2-3-7-16)14-18(19)22(27-28)23(32)26-17-8-4-5-15(24)13-17/h4-5,8,13,16H,2-3,6-7,9-12,14H2,1H3,(H,25,30)(H,26,32). The molecule has 1 aliphatic heterocycles. The lowest BCUT2D eigenvalue weighted by atomic mass is 10.0. The van der Waals surface area contributed by atoms with E-state index in [2.05, 4.69) is 15.7 Å². The molecule has 0 saturated heterocycles. The second-order valence-corrected chi connectivity index (χ2v) is 8.48. The van der Waals surface area contributed by atoms with Gasteiger partial charge in [0.1, 0.15) is 5.82 Å². The van der Waals surface area contributed by atoms with E-state index in [9.17, 15) is 18.8 Å². The molecule has 1 fully saturated rings. The molecule has 0 unspecified atom stereocenters. The molecule has 8 nitrogen and oxygen atoms in total. The van der Waals surface area contributed by atoms with Crippen LogP contribution in [0.4, 0.5) is 10.1 Å². The van der Waals surface area contributed by atoms with E-state index in [1.54, 1.807) is 22.7 Å². The Morgan fingerprint density at radius 2 is 1.97 bits per heavy atom. The number of rotatable bonds is 6. The van der Waals surface area contributed by atoms with Crippen molar-refractivity contribution in [2.45, 2.75) is 57.5 Å². The number of carbonyl (C=O) groups excluding carboxylic acids is 3. The Labute approximate surface area is 186 Å². The van der Waals surface area contributed by atoms with Gasteiger partial charge in [0.2, 0.25) is 11.8 Å². The van der Waals surface area contributed by atoms with E-state index in [0.29, 0.717) is 24.2 Å². The maximum atomic E-state index is 13.4. The molecule has 0 radical (unpaired) electrons. The zero-order chi connectivity index (χ0) is 22.7. The summed E-state index contributed by atoms with van der Waals surface area (Å²) in [6.45, 7) is 0.777. The fraction of sp³-hybridized carbons (Fsp3) is 0.478. The molecular formula is C23H28FN5O3. The molecule has 1 aromatic carbocycles. The number of anilines is 1. The topological polar surface area (TPSA) is 96.3 Å². The number of fused-ring (bicyclic) bond motifs is 1. The number of carbonyl (C=O) groups is 3. The van der Waals surface area contributed by atoms with Crippen molar-refractivity contribution < 1.29 is 18.8 Å². The van der Waals surface area contributed by atoms with E-state index in [0.717, 1.165) is 31.4 Å². The van der Waals surface area contributed by atoms with Crippen molar-refractivity contribution in [1.29, 1.82) is 0 Å². The third kappa shape index (κ3) is 4.98. The monoisotopic (exact) mass is 441 g/mol. The molecule has 1 aliphatic carbocycles. The Kier molecular flexibility index (Phi) is 6.53. The number of hydrogen-bond acceptors (Lipinski definition) is 4. The first-order chi connectivity index (χ1) is 15.4. The number of aromatic nitrogens is 2. The molecule has 2 aliphatic rings. The molecule has 1 aromatic heterocycles. The van der Waals surface area contributed by atoms with Crippen LogP contribution in [0.25, 0.3) is 0 Å². The Bertz CT molecular complexity index is 1030. The number of benzene rings is 1. The summed E-state index contributed by atoms with van der Waals surface area (Å²) in [4.78, 5) is 39.4. The van der Waals surface area contributed by atoms with E-state index >= 15 is 0 Å². The van der Waals surface area contributed by atoms with Crippen molar-refractivity contribution in [3.63, 3.8) is 0 Å². The molecule has 0 atom stereocenters. The molecule has 1 saturated carbocycles. The maximum absolute atomic E-state index is 13.4. The number of hydrogen-bond donors (Lipinski definition) is 2. The first-order valence-corrected chi connectivity index (χ1v) is 11.1. The fourth-order valence-corrected chi connectivity index (χ4v) is 4.49. The van der Waals surface area contributed by atoms with E-state index in [1.165, 1.54) is 18.2 Å². The minimum Gasteiger partial charge on any atom is -0.353 e. The van der Waals surface area contributed by atoms with Crippen LogP contribution in [0.1, 0.15) is 60.3 Å². The molecule has 170 valence electrons. The van der Waals surface area contributed by atoms with E-state index < -0.39 is 11.7 Å². The highest BCUT2D eigenvalue weighted by molar-refractivity contribution is 6.04. The molecule has 2 N–H and O–H groups in total. The summed E-state index contributed by atoms with van der Waals surface area (Å²) in [6, 6.07) is 5.89. The van der Waals surface area contributed by atoms with Crippen molar-refractivity contribution in [3.8, 4) is 0 Å². The second kappa shape index (κ2) is 9.50. The normalized spacial score (nSPS) is 16.0. The molecule has 32 heavy (non-hydrogen) atoms. The molecular weight excluding hydrogens is 413 g/mol. The lowest BCUT2D eigenvalue weighted by Crippen LogP contribution is -2.38. The van der Waals surface area contributed by atoms with Gasteiger partial charge in [0.25, 0.3) is 5.91 Å². The summed E-state index contributed by atoms with van der Waals surface area (Å²) >= 11 is 0. The Morgan fingerprint density at radius 1 is 1.19 bits per heavy atom. The van der Waals surface area contributed by atoms with Gasteiger partial charge in [-0.05, 0) is 31.0 Å². The van der Waals surface area contributed by atoms with Crippen LogP contribution >= 0.6 is 0 Å². The van der Waals surface area contributed by atoms with Crippen LogP contribution in [0.15, 0.2) is 24.3 Å². The summed E-state index contributed by atoms with van der Waals surface area (Å²) in [5.41, 5.74) is 2.16. The number of nitrogens with zero attached hydrogens (tertiary/aromatic N) is 3. The van der Waals surface area contributed by atoms with Crippen LogP contribution in [0.5, 0.6) is 0 Å². The highest BCUT2D eigenvalue weighted by Gasteiger charge is 2.29. The van der Waals surface area contributed by atoms with Crippen molar-refractivity contribution in [1.82, 2.24) is 20.0 Å². The predicted octanol–water partition coefficient (Wildman–Crippen LogP) is 2.54. The summed E-state index contributed by atoms with van der Waals surface area (Å²) in [5, 5.41) is 10.0. The summed E-state index contributed by atoms with van der Waals surface area (Å²) in [7, 11) is 1.77. The lowest BCUT2D eigenvalue weighted by Gasteiger charge is -2.27. The van der Waals surface area contributed by atoms with Gasteiger partial charge in [-0.1, -0.05) is 18.9 Å². The van der Waals surface area contributed by atoms with Crippen molar-refractivity contribution >= 4 is 23.4 Å². The van der Waals surface area contributed by atoms with Gasteiger partial charge in [-0.2, -0.15) is 5.10 Å². The number of nitrogens with one attached hydrogen (secondary N) is 2. The molecule has 2 aromatic rings. The van der Waals surface area contributed by atoms with Crippen LogP contribution in [-0.2, 0) is 29.6 Å². The highest BCUT2D eigenvalue weighted by atomic mass is 19.1. The van der Waals surface area contributed by atoms with Gasteiger partial charge in [-0.25, -0.2) is 4.39 Å². The minimum atomic E-state index is -0.447. The fourth-order valence-electron chi connectivity index (χ4n) is 4.49. The number of aryl methyl sites for hydroxylation is 1. The summed E-state index contributed by atoms with van der Waals surface area (Å²) < 4.78 is 15.1. The van der Waals surface area contributed by atoms with Crippen molar-refractivity contribution in [2.75, 3.05) is 11.9 Å². The maximum Gasteiger partial charge on any atom is 0.276 e. The third-order valence-corrected chi connectivity index (χ3v) is 6.18. The first-order valence-electron chi connectivity index (χ1n) is 11.1. The molecule has 0 bridgehead atoms. The first kappa shape index (κ1) is 22.0. The highest BCUT2D eigenvalue weighted by Crippen LogP contribution is 2.24. The minimum absolute atomic E-state index is 0.0838. The largest absolute Gasteiger partial charge is 0.353 e. The van der Waals surface area contributed by atoms with Gasteiger partial charge in [0.15, 0.2) is 5.69 Å². The molecule has 9 heteroatoms. The zero-order valence-corrected chi connectivity index (χ0v) is 18.2. The second-order valence-electron chi connectivity index (χ2n) is 8.48. The van der Waals surface area contributed by atoms with Crippen molar-refractivity contribution in [3.05, 3.63) is 47.0 Å². The Balaban J connectivity index is 1.38. The van der Waals surface area contributed by atoms with E-state index in [1.807, 2.05) is 0 Å². The third-order valence-electron chi connectivity index (χ3n) is 6.18. The summed E-state index contributed by atoms with van der Waals surface area (Å²) in [6.07, 6.45) is 5.18. The Hall–Kier alpha value is -3.23. The molecule has 0 spiro atoms. The van der Waals surface area contributed by atoms with E-state index in [4.69, 9.17) is 0 Å². The SMILES string of the molecule is Cn1nc(C(=O)Nc2cccc(F)c2)c2c1CCN(C(=O)CCC(=O)NC1CCCC1)C2. The van der Waals surface area contributed by atoms with Crippen LogP contribution in [0.3, 0.4) is 0 Å². The number of amides is 3. The van der Waals surface area contributed by atoms with Crippen molar-refractivity contribution in [2.24, 2.45) is 7.05 Å². The smallest absolute Gasteiger partial charge is 0.276 e. The average molecular weight is 442 g/mol. The molecule has 2 heterocycles. The predicted molar refractivity (Wildman–Crippen MR) is 116 cm³/mol. The van der Waals surface area contributed by atoms with Gasteiger partial charge in [0, 0.05) is 62.4 Å². The van der Waals surface area contributed by atoms with Crippen LogP contribution in [0, 0.1) is 5.82 Å². The van der Waals surface area contributed by atoms with Crippen LogP contribution in [0.2, 0.25) is 0 Å². The van der Waals surface area contributed by atoms with Gasteiger partial charge in [0.05, 0.1) is 0 Å². The van der Waals surface area contributed by atoms with Gasteiger partial charge in [-0.3, -0.25) is 19.1 Å². The lowest BCUT2D eigenvalue weighted by molar-refractivity contribution is -0.134. The quantitative estimate of drug-likeness (QED) is 0.720. The zero-order valence-electron chi connectivity index (χ0n) is 18.2. The van der Waals surface area contributed by atoms with Gasteiger partial charge >= 0.3 is 0 Å². The van der Waals surface area contributed by atoms with E-state index in [-0.39, 0.29) is 42.9 Å². The average Bonchev–Trinajstić information content (AvgIpc) is 3.39. The van der Waals surface area contributed by atoms with Gasteiger partial charge in [-0.15, -0.1) is 0 Å². The Morgan fingerprint density at radius 3 is 2.72 bits per heavy atom. The summed E-state index contributed by atoms with van der Waals surface area (Å²) in [5.74, 6) is -1.09. The number of halogens is 1. The van der Waals surface area contributed by atoms with Crippen LogP contribution < -0.4 is 10.6 Å². The molecule has 3 amide bonds. The van der Waals surface area contributed by atoms with Crippen LogP contribution in [-0.4, -0.2) is 45.0 Å². The van der Waals surface area contributed by atoms with Gasteiger partial charge < -0.3 is 15.5 Å².